The molecule has 1 aromatic heterocycles. The van der Waals surface area contributed by atoms with E-state index < -0.39 is 8.32 Å². The molecule has 0 amide bonds. The summed E-state index contributed by atoms with van der Waals surface area (Å²) in [7, 11) is -1.73. The average Bonchev–Trinajstić information content (AvgIpc) is 2.27. The molecule has 104 valence electrons. The molecule has 0 saturated heterocycles. The summed E-state index contributed by atoms with van der Waals surface area (Å²) in [5.74, 6) is 6.47. The molecular weight excluding hydrogens is 320 g/mol. The zero-order valence-electron chi connectivity index (χ0n) is 12.2. The standard InChI is InChI=1S/C14H21BrN2OSi/c1-14(2,3)19(4,5)18-10-6-7-12-11(15)8-9-13(16)17-12/h8-9H,10H2,1-5H3,(H2,16,17). The van der Waals surface area contributed by atoms with Crippen LogP contribution in [0.3, 0.4) is 0 Å². The van der Waals surface area contributed by atoms with Gasteiger partial charge in [-0.05, 0) is 52.1 Å². The number of aromatic nitrogens is 1. The van der Waals surface area contributed by atoms with E-state index in [1.54, 1.807) is 6.07 Å². The van der Waals surface area contributed by atoms with Gasteiger partial charge >= 0.3 is 0 Å². The van der Waals surface area contributed by atoms with Crippen molar-refractivity contribution in [2.24, 2.45) is 0 Å². The van der Waals surface area contributed by atoms with Crippen LogP contribution in [-0.2, 0) is 4.43 Å². The Morgan fingerprint density at radius 3 is 2.58 bits per heavy atom. The third-order valence-electron chi connectivity index (χ3n) is 3.39. The lowest BCUT2D eigenvalue weighted by Gasteiger charge is -2.35. The highest BCUT2D eigenvalue weighted by Gasteiger charge is 2.36. The van der Waals surface area contributed by atoms with Gasteiger partial charge in [-0.15, -0.1) is 0 Å². The topological polar surface area (TPSA) is 48.1 Å². The normalized spacial score (nSPS) is 11.9. The third-order valence-corrected chi connectivity index (χ3v) is 8.50. The fourth-order valence-electron chi connectivity index (χ4n) is 1.10. The van der Waals surface area contributed by atoms with Gasteiger partial charge in [0.2, 0.25) is 0 Å². The van der Waals surface area contributed by atoms with Gasteiger partial charge in [0.15, 0.2) is 8.32 Å². The molecule has 0 aromatic carbocycles. The van der Waals surface area contributed by atoms with E-state index in [1.165, 1.54) is 0 Å². The number of nitrogen functional groups attached to an aromatic ring is 1. The van der Waals surface area contributed by atoms with Crippen molar-refractivity contribution in [3.8, 4) is 11.8 Å². The lowest BCUT2D eigenvalue weighted by atomic mass is 10.2. The van der Waals surface area contributed by atoms with Gasteiger partial charge in [-0.1, -0.05) is 26.7 Å². The molecule has 3 nitrogen and oxygen atoms in total. The van der Waals surface area contributed by atoms with E-state index in [2.05, 4.69) is 66.6 Å². The molecule has 0 fully saturated rings. The first-order valence-electron chi connectivity index (χ1n) is 6.18. The first-order valence-corrected chi connectivity index (χ1v) is 9.88. The van der Waals surface area contributed by atoms with Crippen LogP contribution in [0.25, 0.3) is 0 Å². The second-order valence-electron chi connectivity index (χ2n) is 5.92. The van der Waals surface area contributed by atoms with E-state index in [-0.39, 0.29) is 5.04 Å². The van der Waals surface area contributed by atoms with Crippen LogP contribution in [0.2, 0.25) is 18.1 Å². The fourth-order valence-corrected chi connectivity index (χ4v) is 2.28. The summed E-state index contributed by atoms with van der Waals surface area (Å²) >= 11 is 3.40. The van der Waals surface area contributed by atoms with Gasteiger partial charge in [0.1, 0.15) is 11.5 Å². The number of pyridine rings is 1. The Balaban J connectivity index is 2.69. The highest BCUT2D eigenvalue weighted by atomic mass is 79.9. The van der Waals surface area contributed by atoms with E-state index in [4.69, 9.17) is 10.2 Å². The van der Waals surface area contributed by atoms with E-state index in [0.717, 1.165) is 4.47 Å². The quantitative estimate of drug-likeness (QED) is 0.657. The highest BCUT2D eigenvalue weighted by molar-refractivity contribution is 9.10. The summed E-state index contributed by atoms with van der Waals surface area (Å²) in [4.78, 5) is 4.17. The van der Waals surface area contributed by atoms with Crippen LogP contribution in [0, 0.1) is 11.8 Å². The maximum atomic E-state index is 5.98. The smallest absolute Gasteiger partial charge is 0.193 e. The molecule has 0 radical (unpaired) electrons. The summed E-state index contributed by atoms with van der Waals surface area (Å²) in [6.45, 7) is 11.5. The van der Waals surface area contributed by atoms with E-state index in [1.807, 2.05) is 6.07 Å². The van der Waals surface area contributed by atoms with Crippen molar-refractivity contribution in [1.29, 1.82) is 0 Å². The Kier molecular flexibility index (Phi) is 5.19. The maximum absolute atomic E-state index is 5.98. The lowest BCUT2D eigenvalue weighted by molar-refractivity contribution is 0.334. The van der Waals surface area contributed by atoms with Gasteiger partial charge in [0, 0.05) is 0 Å². The largest absolute Gasteiger partial charge is 0.406 e. The van der Waals surface area contributed by atoms with Crippen LogP contribution in [0.1, 0.15) is 26.5 Å². The van der Waals surface area contributed by atoms with Gasteiger partial charge in [0.05, 0.1) is 11.1 Å². The molecule has 0 unspecified atom stereocenters. The van der Waals surface area contributed by atoms with Crippen molar-refractivity contribution in [1.82, 2.24) is 4.98 Å². The summed E-state index contributed by atoms with van der Waals surface area (Å²) in [5.41, 5.74) is 6.29. The molecule has 1 rings (SSSR count). The van der Waals surface area contributed by atoms with Gasteiger partial charge < -0.3 is 10.2 Å². The number of rotatable bonds is 2. The number of anilines is 1. The molecule has 0 aliphatic carbocycles. The third kappa shape index (κ3) is 4.64. The summed E-state index contributed by atoms with van der Waals surface area (Å²) in [5, 5.41) is 0.199. The Morgan fingerprint density at radius 2 is 2.00 bits per heavy atom. The van der Waals surface area contributed by atoms with Gasteiger partial charge in [0.25, 0.3) is 0 Å². The summed E-state index contributed by atoms with van der Waals surface area (Å²) in [6, 6.07) is 3.59. The van der Waals surface area contributed by atoms with E-state index in [9.17, 15) is 0 Å². The van der Waals surface area contributed by atoms with E-state index >= 15 is 0 Å². The van der Waals surface area contributed by atoms with Crippen LogP contribution in [0.4, 0.5) is 5.82 Å². The van der Waals surface area contributed by atoms with E-state index in [0.29, 0.717) is 18.1 Å². The van der Waals surface area contributed by atoms with Crippen molar-refractivity contribution in [2.75, 3.05) is 12.3 Å². The number of halogens is 1. The minimum absolute atomic E-state index is 0.199. The SMILES string of the molecule is CC(C)(C)[Si](C)(C)OCC#Cc1nc(N)ccc1Br. The summed E-state index contributed by atoms with van der Waals surface area (Å²) in [6.07, 6.45) is 0. The Morgan fingerprint density at radius 1 is 1.37 bits per heavy atom. The summed E-state index contributed by atoms with van der Waals surface area (Å²) < 4.78 is 6.83. The van der Waals surface area contributed by atoms with Crippen molar-refractivity contribution < 1.29 is 4.43 Å². The second kappa shape index (κ2) is 6.08. The number of nitrogens with zero attached hydrogens (tertiary/aromatic N) is 1. The molecule has 1 aromatic rings. The van der Waals surface area contributed by atoms with Crippen molar-refractivity contribution in [2.45, 2.75) is 38.9 Å². The maximum Gasteiger partial charge on any atom is 0.193 e. The Hall–Kier alpha value is -0.833. The predicted octanol–water partition coefficient (Wildman–Crippen LogP) is 3.80. The first kappa shape index (κ1) is 16.2. The number of nitrogens with two attached hydrogens (primary N) is 1. The van der Waals surface area contributed by atoms with Crippen LogP contribution in [-0.4, -0.2) is 19.9 Å². The second-order valence-corrected chi connectivity index (χ2v) is 11.6. The monoisotopic (exact) mass is 340 g/mol. The minimum Gasteiger partial charge on any atom is -0.406 e. The molecule has 0 atom stereocenters. The average molecular weight is 341 g/mol. The fraction of sp³-hybridized carbons (Fsp3) is 0.500. The Bertz CT molecular complexity index is 512. The highest BCUT2D eigenvalue weighted by Crippen LogP contribution is 2.36. The van der Waals surface area contributed by atoms with Crippen LogP contribution in [0.5, 0.6) is 0 Å². The lowest BCUT2D eigenvalue weighted by Crippen LogP contribution is -2.40. The van der Waals surface area contributed by atoms with Crippen molar-refractivity contribution in [3.63, 3.8) is 0 Å². The van der Waals surface area contributed by atoms with Gasteiger partial charge in [-0.3, -0.25) is 0 Å². The van der Waals surface area contributed by atoms with Crippen LogP contribution >= 0.6 is 15.9 Å². The molecule has 19 heavy (non-hydrogen) atoms. The molecule has 0 bridgehead atoms. The molecule has 1 heterocycles. The molecule has 0 aliphatic rings. The van der Waals surface area contributed by atoms with Crippen molar-refractivity contribution in [3.05, 3.63) is 22.3 Å². The van der Waals surface area contributed by atoms with Crippen LogP contribution < -0.4 is 5.73 Å². The molecule has 0 aliphatic heterocycles. The van der Waals surface area contributed by atoms with Gasteiger partial charge in [-0.25, -0.2) is 4.98 Å². The first-order chi connectivity index (χ1) is 8.63. The molecule has 2 N–H and O–H groups in total. The Labute approximate surface area is 125 Å². The molecule has 0 saturated carbocycles. The van der Waals surface area contributed by atoms with Crippen molar-refractivity contribution >= 4 is 30.1 Å². The molecule has 0 spiro atoms. The molecule has 5 heteroatoms. The number of hydrogen-bond donors (Lipinski definition) is 1. The van der Waals surface area contributed by atoms with Crippen LogP contribution in [0.15, 0.2) is 16.6 Å². The minimum atomic E-state index is -1.73. The molecular formula is C14H21BrN2OSi. The zero-order valence-corrected chi connectivity index (χ0v) is 14.8. The zero-order chi connectivity index (χ0) is 14.7. The van der Waals surface area contributed by atoms with Gasteiger partial charge in [-0.2, -0.15) is 0 Å². The predicted molar refractivity (Wildman–Crippen MR) is 86.4 cm³/mol. The number of hydrogen-bond acceptors (Lipinski definition) is 3.